The number of alkyl carbamates (subject to hydrolysis) is 1. The molecule has 2 amide bonds. The van der Waals surface area contributed by atoms with E-state index in [1.54, 1.807) is 7.11 Å². The predicted molar refractivity (Wildman–Crippen MR) is 162 cm³/mol. The van der Waals surface area contributed by atoms with Crippen LogP contribution in [0.25, 0.3) is 0 Å². The van der Waals surface area contributed by atoms with Gasteiger partial charge in [-0.25, -0.2) is 4.79 Å². The van der Waals surface area contributed by atoms with Gasteiger partial charge in [-0.15, -0.1) is 0 Å². The molecule has 0 bridgehead atoms. The third-order valence-electron chi connectivity index (χ3n) is 9.10. The summed E-state index contributed by atoms with van der Waals surface area (Å²) in [5, 5.41) is 2.87. The van der Waals surface area contributed by atoms with Crippen LogP contribution in [0.15, 0.2) is 78.9 Å². The Morgan fingerprint density at radius 3 is 2.44 bits per heavy atom. The summed E-state index contributed by atoms with van der Waals surface area (Å²) in [5.41, 5.74) is 2.42. The lowest BCUT2D eigenvalue weighted by molar-refractivity contribution is -0.189. The quantitative estimate of drug-likeness (QED) is 0.384. The number of ether oxygens (including phenoxy) is 4. The smallest absolute Gasteiger partial charge is 0.408 e. The van der Waals surface area contributed by atoms with E-state index in [-0.39, 0.29) is 36.6 Å². The van der Waals surface area contributed by atoms with E-state index in [4.69, 9.17) is 18.9 Å². The summed E-state index contributed by atoms with van der Waals surface area (Å²) in [6.07, 6.45) is 1.33. The second-order valence-electron chi connectivity index (χ2n) is 12.3. The third kappa shape index (κ3) is 6.20. The van der Waals surface area contributed by atoms with Gasteiger partial charge in [0.2, 0.25) is 5.91 Å². The molecule has 8 heteroatoms. The number of likely N-dealkylation sites (tertiary alicyclic amines) is 1. The van der Waals surface area contributed by atoms with Crippen molar-refractivity contribution in [2.24, 2.45) is 11.8 Å². The molecule has 2 fully saturated rings. The van der Waals surface area contributed by atoms with Crippen LogP contribution >= 0.6 is 0 Å². The highest BCUT2D eigenvalue weighted by Gasteiger charge is 2.52. The molecule has 0 saturated carbocycles. The molecule has 3 aliphatic heterocycles. The molecular formula is C35H40N2O6. The number of carbonyl (C=O) groups excluding carboxylic acids is 2. The van der Waals surface area contributed by atoms with Crippen molar-refractivity contribution in [2.75, 3.05) is 20.2 Å². The van der Waals surface area contributed by atoms with Gasteiger partial charge in [-0.1, -0.05) is 72.8 Å². The maximum atomic E-state index is 14.0. The van der Waals surface area contributed by atoms with Crippen LogP contribution in [0.3, 0.4) is 0 Å². The lowest BCUT2D eigenvalue weighted by Gasteiger charge is -2.53. The molecular weight excluding hydrogens is 544 g/mol. The van der Waals surface area contributed by atoms with Gasteiger partial charge >= 0.3 is 6.09 Å². The maximum absolute atomic E-state index is 14.0. The number of nitrogens with zero attached hydrogens (tertiary/aromatic N) is 1. The van der Waals surface area contributed by atoms with E-state index < -0.39 is 17.7 Å². The van der Waals surface area contributed by atoms with E-state index in [0.29, 0.717) is 19.5 Å². The molecule has 1 N–H and O–H groups in total. The predicted octanol–water partition coefficient (Wildman–Crippen LogP) is 5.70. The van der Waals surface area contributed by atoms with Gasteiger partial charge < -0.3 is 29.2 Å². The molecule has 8 nitrogen and oxygen atoms in total. The number of para-hydroxylation sites is 1. The van der Waals surface area contributed by atoms with Crippen molar-refractivity contribution >= 4 is 12.0 Å². The van der Waals surface area contributed by atoms with Crippen LogP contribution in [0, 0.1) is 11.8 Å². The second kappa shape index (κ2) is 12.3. The fourth-order valence-electron chi connectivity index (χ4n) is 6.83. The zero-order chi connectivity index (χ0) is 30.0. The average molecular weight is 585 g/mol. The normalized spacial score (nSPS) is 24.3. The maximum Gasteiger partial charge on any atom is 0.408 e. The number of benzene rings is 3. The fraction of sp³-hybridized carbons (Fsp3) is 0.429. The highest BCUT2D eigenvalue weighted by molar-refractivity contribution is 5.86. The lowest BCUT2D eigenvalue weighted by Crippen LogP contribution is -2.58. The number of hydrogen-bond donors (Lipinski definition) is 1. The Kier molecular flexibility index (Phi) is 8.30. The highest BCUT2D eigenvalue weighted by atomic mass is 16.6. The molecule has 0 unspecified atom stereocenters. The zero-order valence-corrected chi connectivity index (χ0v) is 25.0. The summed E-state index contributed by atoms with van der Waals surface area (Å²) >= 11 is 0. The second-order valence-corrected chi connectivity index (χ2v) is 12.3. The fourth-order valence-corrected chi connectivity index (χ4v) is 6.83. The first-order valence-corrected chi connectivity index (χ1v) is 15.1. The Morgan fingerprint density at radius 1 is 1.00 bits per heavy atom. The van der Waals surface area contributed by atoms with Crippen molar-refractivity contribution in [3.05, 3.63) is 95.6 Å². The van der Waals surface area contributed by atoms with Crippen molar-refractivity contribution in [1.82, 2.24) is 10.2 Å². The van der Waals surface area contributed by atoms with Crippen molar-refractivity contribution < 1.29 is 28.5 Å². The summed E-state index contributed by atoms with van der Waals surface area (Å²) in [4.78, 5) is 28.8. The summed E-state index contributed by atoms with van der Waals surface area (Å²) in [6.45, 7) is 5.49. The average Bonchev–Trinajstić information content (AvgIpc) is 3.03. The molecule has 0 aliphatic carbocycles. The molecule has 5 atom stereocenters. The number of methoxy groups -OCH3 is 1. The number of fused-ring (bicyclic) bond motifs is 4. The first kappa shape index (κ1) is 29.1. The molecule has 3 aromatic carbocycles. The Hall–Kier alpha value is -4.04. The van der Waals surface area contributed by atoms with E-state index in [1.807, 2.05) is 77.7 Å². The standard InChI is InChI=1S/C35H40N2O6/c1-35(2)27-20-25-21-37(18-17-29(25)42-31(27)26-15-10-16-30(40-3)32(26)43-35)33(38)28(19-23-11-6-4-7-12-23)36-34(39)41-22-24-13-8-5-9-14-24/h4-16,25,27-29,31H,17-22H2,1-3H3,(H,36,39)/t25-,27+,28-,29+,31-/m0/s1. The molecule has 3 aromatic rings. The van der Waals surface area contributed by atoms with Crippen LogP contribution in [-0.2, 0) is 27.3 Å². The summed E-state index contributed by atoms with van der Waals surface area (Å²) in [6, 6.07) is 24.5. The van der Waals surface area contributed by atoms with Crippen molar-refractivity contribution in [3.63, 3.8) is 0 Å². The Bertz CT molecular complexity index is 1430. The molecule has 226 valence electrons. The van der Waals surface area contributed by atoms with Crippen LogP contribution < -0.4 is 14.8 Å². The minimum atomic E-state index is -0.742. The molecule has 3 aliphatic rings. The molecule has 2 saturated heterocycles. The minimum Gasteiger partial charge on any atom is -0.493 e. The molecule has 0 aromatic heterocycles. The van der Waals surface area contributed by atoms with Gasteiger partial charge in [0.1, 0.15) is 18.2 Å². The largest absolute Gasteiger partial charge is 0.493 e. The lowest BCUT2D eigenvalue weighted by atomic mass is 9.70. The van der Waals surface area contributed by atoms with Crippen molar-refractivity contribution in [1.29, 1.82) is 0 Å². The minimum absolute atomic E-state index is 0.0367. The monoisotopic (exact) mass is 584 g/mol. The first-order chi connectivity index (χ1) is 20.8. The van der Waals surface area contributed by atoms with E-state index in [0.717, 1.165) is 41.0 Å². The SMILES string of the molecule is COc1cccc2c1OC(C)(C)[C@@H]1C[C@H]3CN(C(=O)[C@H](Cc4ccccc4)NC(=O)OCc4ccccc4)CC[C@H]3O[C@@H]21. The van der Waals surface area contributed by atoms with Crippen LogP contribution in [0.4, 0.5) is 4.79 Å². The third-order valence-corrected chi connectivity index (χ3v) is 9.10. The number of hydrogen-bond acceptors (Lipinski definition) is 6. The first-order valence-electron chi connectivity index (χ1n) is 15.1. The van der Waals surface area contributed by atoms with Crippen LogP contribution in [-0.4, -0.2) is 54.8 Å². The number of amides is 2. The van der Waals surface area contributed by atoms with Gasteiger partial charge in [0.05, 0.1) is 19.3 Å². The summed E-state index contributed by atoms with van der Waals surface area (Å²) < 4.78 is 24.4. The van der Waals surface area contributed by atoms with Gasteiger partial charge in [-0.2, -0.15) is 0 Å². The van der Waals surface area contributed by atoms with Gasteiger partial charge in [-0.3, -0.25) is 4.79 Å². The van der Waals surface area contributed by atoms with Crippen LogP contribution in [0.2, 0.25) is 0 Å². The topological polar surface area (TPSA) is 86.3 Å². The van der Waals surface area contributed by atoms with Crippen LogP contribution in [0.1, 0.15) is 49.5 Å². The number of nitrogens with one attached hydrogen (secondary N) is 1. The Labute approximate surface area is 253 Å². The van der Waals surface area contributed by atoms with Crippen molar-refractivity contribution in [2.45, 2.75) is 63.6 Å². The molecule has 6 rings (SSSR count). The van der Waals surface area contributed by atoms with Gasteiger partial charge in [0, 0.05) is 36.9 Å². The van der Waals surface area contributed by atoms with E-state index in [9.17, 15) is 9.59 Å². The number of rotatable bonds is 7. The Morgan fingerprint density at radius 2 is 1.72 bits per heavy atom. The molecule has 0 spiro atoms. The van der Waals surface area contributed by atoms with Crippen molar-refractivity contribution in [3.8, 4) is 11.5 Å². The van der Waals surface area contributed by atoms with Crippen LogP contribution in [0.5, 0.6) is 11.5 Å². The Balaban J connectivity index is 1.16. The molecule has 3 heterocycles. The van der Waals surface area contributed by atoms with E-state index in [2.05, 4.69) is 25.2 Å². The van der Waals surface area contributed by atoms with E-state index >= 15 is 0 Å². The summed E-state index contributed by atoms with van der Waals surface area (Å²) in [5.74, 6) is 1.66. The molecule has 43 heavy (non-hydrogen) atoms. The molecule has 0 radical (unpaired) electrons. The van der Waals surface area contributed by atoms with E-state index in [1.165, 1.54) is 0 Å². The van der Waals surface area contributed by atoms with Gasteiger partial charge in [-0.05, 0) is 43.9 Å². The summed E-state index contributed by atoms with van der Waals surface area (Å²) in [7, 11) is 1.66. The van der Waals surface area contributed by atoms with Gasteiger partial charge in [0.25, 0.3) is 0 Å². The number of piperidine rings is 1. The van der Waals surface area contributed by atoms with Gasteiger partial charge in [0.15, 0.2) is 11.5 Å². The highest BCUT2D eigenvalue weighted by Crippen LogP contribution is 2.55. The number of carbonyl (C=O) groups is 2. The zero-order valence-electron chi connectivity index (χ0n) is 25.0.